The van der Waals surface area contributed by atoms with Gasteiger partial charge in [0, 0.05) is 0 Å². The van der Waals surface area contributed by atoms with E-state index in [0.29, 0.717) is 5.92 Å². The van der Waals surface area contributed by atoms with Gasteiger partial charge in [0.1, 0.15) is 0 Å². The van der Waals surface area contributed by atoms with Crippen molar-refractivity contribution in [3.8, 4) is 0 Å². The molecule has 1 saturated carbocycles. The summed E-state index contributed by atoms with van der Waals surface area (Å²) in [4.78, 5) is 11.2. The molecule has 0 aliphatic heterocycles. The van der Waals surface area contributed by atoms with Crippen LogP contribution in [0.25, 0.3) is 0 Å². The second-order valence-electron chi connectivity index (χ2n) is 3.88. The summed E-state index contributed by atoms with van der Waals surface area (Å²) < 4.78 is 0. The second-order valence-corrected chi connectivity index (χ2v) is 3.88. The Morgan fingerprint density at radius 1 is 1.54 bits per heavy atom. The highest BCUT2D eigenvalue weighted by atomic mass is 16.1. The largest absolute Gasteiger partial charge is 0.368 e. The first-order chi connectivity index (χ1) is 6.25. The van der Waals surface area contributed by atoms with E-state index >= 15 is 0 Å². The maximum Gasteiger partial charge on any atom is 0.234 e. The fourth-order valence-corrected chi connectivity index (χ4v) is 2.09. The quantitative estimate of drug-likeness (QED) is 0.670. The lowest BCUT2D eigenvalue weighted by Gasteiger charge is -2.21. The van der Waals surface area contributed by atoms with E-state index in [-0.39, 0.29) is 11.9 Å². The molecule has 1 fully saturated rings. The lowest BCUT2D eigenvalue weighted by molar-refractivity contribution is -0.121. The number of hydrogen-bond acceptors (Lipinski definition) is 2. The smallest absolute Gasteiger partial charge is 0.234 e. The molecule has 3 heteroatoms. The summed E-state index contributed by atoms with van der Waals surface area (Å²) in [5.41, 5.74) is 5.36. The third-order valence-electron chi connectivity index (χ3n) is 2.79. The van der Waals surface area contributed by atoms with Gasteiger partial charge in [0.15, 0.2) is 0 Å². The van der Waals surface area contributed by atoms with Gasteiger partial charge in [-0.05, 0) is 31.7 Å². The van der Waals surface area contributed by atoms with Crippen molar-refractivity contribution in [2.45, 2.75) is 45.1 Å². The third kappa shape index (κ3) is 2.99. The first-order valence-electron chi connectivity index (χ1n) is 5.28. The number of amides is 1. The van der Waals surface area contributed by atoms with Crippen LogP contribution in [0.1, 0.15) is 39.0 Å². The molecule has 0 heterocycles. The Morgan fingerprint density at radius 2 is 2.15 bits per heavy atom. The van der Waals surface area contributed by atoms with Gasteiger partial charge >= 0.3 is 0 Å². The first-order valence-corrected chi connectivity index (χ1v) is 5.28. The summed E-state index contributed by atoms with van der Waals surface area (Å²) in [5.74, 6) is 0.310. The Labute approximate surface area is 80.1 Å². The number of primary amides is 1. The minimum absolute atomic E-state index is 0.0811. The molecule has 0 aromatic rings. The fraction of sp³-hybridized carbons (Fsp3) is 0.900. The summed E-state index contributed by atoms with van der Waals surface area (Å²) in [6, 6.07) is -0.0811. The minimum atomic E-state index is -0.180. The SMILES string of the molecule is CCCNC(C(N)=O)C1CCCC1. The van der Waals surface area contributed by atoms with E-state index in [2.05, 4.69) is 12.2 Å². The van der Waals surface area contributed by atoms with Crippen molar-refractivity contribution < 1.29 is 4.79 Å². The fourth-order valence-electron chi connectivity index (χ4n) is 2.09. The topological polar surface area (TPSA) is 55.1 Å². The molecule has 1 rings (SSSR count). The Kier molecular flexibility index (Phi) is 4.22. The maximum absolute atomic E-state index is 11.2. The van der Waals surface area contributed by atoms with Crippen LogP contribution in [0.2, 0.25) is 0 Å². The van der Waals surface area contributed by atoms with Crippen LogP contribution in [-0.2, 0) is 4.79 Å². The number of rotatable bonds is 5. The summed E-state index contributed by atoms with van der Waals surface area (Å²) in [5, 5.41) is 3.24. The molecule has 1 aliphatic carbocycles. The molecule has 1 aliphatic rings. The number of nitrogens with one attached hydrogen (secondary N) is 1. The van der Waals surface area contributed by atoms with E-state index in [0.717, 1.165) is 25.8 Å². The van der Waals surface area contributed by atoms with Crippen molar-refractivity contribution in [2.75, 3.05) is 6.54 Å². The number of hydrogen-bond donors (Lipinski definition) is 2. The van der Waals surface area contributed by atoms with Crippen LogP contribution in [0.3, 0.4) is 0 Å². The summed E-state index contributed by atoms with van der Waals surface area (Å²) >= 11 is 0. The van der Waals surface area contributed by atoms with Crippen molar-refractivity contribution >= 4 is 5.91 Å². The first kappa shape index (κ1) is 10.5. The van der Waals surface area contributed by atoms with Crippen LogP contribution in [0.5, 0.6) is 0 Å². The molecule has 0 spiro atoms. The number of nitrogens with two attached hydrogens (primary N) is 1. The predicted octanol–water partition coefficient (Wildman–Crippen LogP) is 1.03. The Hall–Kier alpha value is -0.570. The molecule has 3 nitrogen and oxygen atoms in total. The average molecular weight is 184 g/mol. The van der Waals surface area contributed by atoms with Gasteiger partial charge in [0.2, 0.25) is 5.91 Å². The van der Waals surface area contributed by atoms with Gasteiger partial charge in [-0.3, -0.25) is 4.79 Å². The molecule has 0 saturated heterocycles. The van der Waals surface area contributed by atoms with Gasteiger partial charge in [0.05, 0.1) is 6.04 Å². The Morgan fingerprint density at radius 3 is 2.62 bits per heavy atom. The molecule has 76 valence electrons. The van der Waals surface area contributed by atoms with Gasteiger partial charge in [-0.25, -0.2) is 0 Å². The zero-order valence-corrected chi connectivity index (χ0v) is 8.38. The van der Waals surface area contributed by atoms with Gasteiger partial charge in [-0.2, -0.15) is 0 Å². The summed E-state index contributed by atoms with van der Waals surface area (Å²) in [6.45, 7) is 2.99. The van der Waals surface area contributed by atoms with E-state index in [1.165, 1.54) is 12.8 Å². The van der Waals surface area contributed by atoms with Crippen LogP contribution in [-0.4, -0.2) is 18.5 Å². The lowest BCUT2D eigenvalue weighted by Crippen LogP contribution is -2.46. The molecule has 0 aromatic carbocycles. The summed E-state index contributed by atoms with van der Waals surface area (Å²) in [7, 11) is 0. The molecule has 0 bridgehead atoms. The number of carbonyl (C=O) groups is 1. The molecule has 3 N–H and O–H groups in total. The normalized spacial score (nSPS) is 20.4. The molecular weight excluding hydrogens is 164 g/mol. The second kappa shape index (κ2) is 5.22. The zero-order chi connectivity index (χ0) is 9.68. The van der Waals surface area contributed by atoms with Crippen molar-refractivity contribution in [3.05, 3.63) is 0 Å². The molecular formula is C10H20N2O. The zero-order valence-electron chi connectivity index (χ0n) is 8.38. The highest BCUT2D eigenvalue weighted by Gasteiger charge is 2.28. The molecule has 1 atom stereocenters. The highest BCUT2D eigenvalue weighted by Crippen LogP contribution is 2.27. The summed E-state index contributed by atoms with van der Waals surface area (Å²) in [6.07, 6.45) is 5.87. The Bertz CT molecular complexity index is 164. The van der Waals surface area contributed by atoms with E-state index in [4.69, 9.17) is 5.73 Å². The van der Waals surface area contributed by atoms with E-state index < -0.39 is 0 Å². The van der Waals surface area contributed by atoms with Crippen molar-refractivity contribution in [3.63, 3.8) is 0 Å². The molecule has 0 aromatic heterocycles. The van der Waals surface area contributed by atoms with Crippen LogP contribution in [0.15, 0.2) is 0 Å². The van der Waals surface area contributed by atoms with Crippen molar-refractivity contribution in [2.24, 2.45) is 11.7 Å². The van der Waals surface area contributed by atoms with Gasteiger partial charge < -0.3 is 11.1 Å². The standard InChI is InChI=1S/C10H20N2O/c1-2-7-12-9(10(11)13)8-5-3-4-6-8/h8-9,12H,2-7H2,1H3,(H2,11,13). The van der Waals surface area contributed by atoms with Crippen LogP contribution < -0.4 is 11.1 Å². The van der Waals surface area contributed by atoms with Gasteiger partial charge in [-0.15, -0.1) is 0 Å². The maximum atomic E-state index is 11.2. The lowest BCUT2D eigenvalue weighted by atomic mass is 9.97. The molecule has 13 heavy (non-hydrogen) atoms. The highest BCUT2D eigenvalue weighted by molar-refractivity contribution is 5.80. The van der Waals surface area contributed by atoms with E-state index in [1.807, 2.05) is 0 Å². The van der Waals surface area contributed by atoms with E-state index in [9.17, 15) is 4.79 Å². The van der Waals surface area contributed by atoms with Crippen molar-refractivity contribution in [1.29, 1.82) is 0 Å². The van der Waals surface area contributed by atoms with E-state index in [1.54, 1.807) is 0 Å². The van der Waals surface area contributed by atoms with Crippen LogP contribution in [0.4, 0.5) is 0 Å². The molecule has 1 unspecified atom stereocenters. The van der Waals surface area contributed by atoms with Gasteiger partial charge in [0.25, 0.3) is 0 Å². The predicted molar refractivity (Wildman–Crippen MR) is 53.2 cm³/mol. The Balaban J connectivity index is 2.40. The van der Waals surface area contributed by atoms with Gasteiger partial charge in [-0.1, -0.05) is 19.8 Å². The van der Waals surface area contributed by atoms with Crippen LogP contribution in [0, 0.1) is 5.92 Å². The minimum Gasteiger partial charge on any atom is -0.368 e. The molecule has 1 amide bonds. The van der Waals surface area contributed by atoms with Crippen molar-refractivity contribution in [1.82, 2.24) is 5.32 Å². The van der Waals surface area contributed by atoms with Crippen LogP contribution >= 0.6 is 0 Å². The monoisotopic (exact) mass is 184 g/mol. The molecule has 0 radical (unpaired) electrons. The number of carbonyl (C=O) groups excluding carboxylic acids is 1. The third-order valence-corrected chi connectivity index (χ3v) is 2.79. The average Bonchev–Trinajstić information content (AvgIpc) is 2.57.